The first-order chi connectivity index (χ1) is 6.65. The van der Waals surface area contributed by atoms with Gasteiger partial charge in [-0.25, -0.2) is 0 Å². The number of rotatable bonds is 3. The van der Waals surface area contributed by atoms with Crippen LogP contribution < -0.4 is 5.32 Å². The van der Waals surface area contributed by atoms with Crippen LogP contribution in [0.1, 0.15) is 24.2 Å². The number of hydrogen-bond acceptors (Lipinski definition) is 2. The van der Waals surface area contributed by atoms with Gasteiger partial charge >= 0.3 is 0 Å². The van der Waals surface area contributed by atoms with Gasteiger partial charge < -0.3 is 5.32 Å². The lowest BCUT2D eigenvalue weighted by molar-refractivity contribution is 0.341. The van der Waals surface area contributed by atoms with Gasteiger partial charge in [-0.15, -0.1) is 11.6 Å². The summed E-state index contributed by atoms with van der Waals surface area (Å²) in [5.41, 5.74) is 2.31. The van der Waals surface area contributed by atoms with Crippen molar-refractivity contribution in [3.05, 3.63) is 17.5 Å². The number of nitrogens with zero attached hydrogens (tertiary/aromatic N) is 2. The van der Waals surface area contributed by atoms with Crippen LogP contribution in [0.2, 0.25) is 0 Å². The van der Waals surface area contributed by atoms with Gasteiger partial charge in [0.1, 0.15) is 0 Å². The highest BCUT2D eigenvalue weighted by Gasteiger charge is 2.26. The number of aromatic nitrogens is 2. The van der Waals surface area contributed by atoms with E-state index in [4.69, 9.17) is 11.6 Å². The SMILES string of the molecule is Cc1cc(CNC2CC(Cl)C2)n(C)n1. The maximum atomic E-state index is 5.90. The highest BCUT2D eigenvalue weighted by atomic mass is 35.5. The molecule has 1 aliphatic carbocycles. The van der Waals surface area contributed by atoms with E-state index in [1.165, 1.54) is 5.69 Å². The molecule has 0 radical (unpaired) electrons. The third kappa shape index (κ3) is 2.10. The minimum Gasteiger partial charge on any atom is -0.308 e. The molecular weight excluding hydrogens is 198 g/mol. The minimum absolute atomic E-state index is 0.390. The lowest BCUT2D eigenvalue weighted by atomic mass is 9.92. The van der Waals surface area contributed by atoms with E-state index in [1.54, 1.807) is 0 Å². The fourth-order valence-corrected chi connectivity index (χ4v) is 2.22. The van der Waals surface area contributed by atoms with Gasteiger partial charge in [0.05, 0.1) is 11.4 Å². The Labute approximate surface area is 89.4 Å². The molecule has 1 aromatic heterocycles. The van der Waals surface area contributed by atoms with Crippen LogP contribution in [0.15, 0.2) is 6.07 Å². The number of nitrogens with one attached hydrogen (secondary N) is 1. The number of aryl methyl sites for hydroxylation is 2. The smallest absolute Gasteiger partial charge is 0.0597 e. The summed E-state index contributed by atoms with van der Waals surface area (Å²) in [6.45, 7) is 2.91. The summed E-state index contributed by atoms with van der Waals surface area (Å²) in [7, 11) is 1.98. The first kappa shape index (κ1) is 9.99. The predicted octanol–water partition coefficient (Wildman–Crippen LogP) is 1.59. The number of halogens is 1. The molecule has 1 saturated carbocycles. The topological polar surface area (TPSA) is 29.9 Å². The molecule has 0 bridgehead atoms. The molecule has 3 nitrogen and oxygen atoms in total. The normalized spacial score (nSPS) is 26.2. The average molecular weight is 214 g/mol. The summed E-state index contributed by atoms with van der Waals surface area (Å²) in [6.07, 6.45) is 2.19. The van der Waals surface area contributed by atoms with Crippen molar-refractivity contribution in [3.63, 3.8) is 0 Å². The van der Waals surface area contributed by atoms with Gasteiger partial charge in [0.15, 0.2) is 0 Å². The highest BCUT2D eigenvalue weighted by molar-refractivity contribution is 6.21. The van der Waals surface area contributed by atoms with E-state index in [9.17, 15) is 0 Å². The van der Waals surface area contributed by atoms with E-state index in [0.717, 1.165) is 25.1 Å². The Morgan fingerprint density at radius 1 is 1.64 bits per heavy atom. The molecule has 1 heterocycles. The van der Waals surface area contributed by atoms with Crippen LogP contribution in [0.4, 0.5) is 0 Å². The van der Waals surface area contributed by atoms with Crippen LogP contribution in [0, 0.1) is 6.92 Å². The molecule has 1 aromatic rings. The molecule has 0 aromatic carbocycles. The van der Waals surface area contributed by atoms with Crippen molar-refractivity contribution in [1.82, 2.24) is 15.1 Å². The summed E-state index contributed by atoms with van der Waals surface area (Å²) in [4.78, 5) is 0. The molecule has 2 rings (SSSR count). The van der Waals surface area contributed by atoms with Crippen LogP contribution in [0.3, 0.4) is 0 Å². The summed E-state index contributed by atoms with van der Waals surface area (Å²) >= 11 is 5.90. The molecule has 0 aliphatic heterocycles. The van der Waals surface area contributed by atoms with Crippen molar-refractivity contribution in [2.45, 2.75) is 37.7 Å². The summed E-state index contributed by atoms with van der Waals surface area (Å²) in [5.74, 6) is 0. The lowest BCUT2D eigenvalue weighted by Crippen LogP contribution is -2.41. The molecule has 0 atom stereocenters. The van der Waals surface area contributed by atoms with Gasteiger partial charge in [-0.1, -0.05) is 0 Å². The van der Waals surface area contributed by atoms with Gasteiger partial charge in [0.25, 0.3) is 0 Å². The second-order valence-corrected chi connectivity index (χ2v) is 4.66. The van der Waals surface area contributed by atoms with E-state index in [-0.39, 0.29) is 0 Å². The van der Waals surface area contributed by atoms with Crippen molar-refractivity contribution in [2.75, 3.05) is 0 Å². The largest absolute Gasteiger partial charge is 0.308 e. The molecule has 0 amide bonds. The van der Waals surface area contributed by atoms with E-state index in [0.29, 0.717) is 11.4 Å². The molecule has 1 aliphatic rings. The molecule has 14 heavy (non-hydrogen) atoms. The molecule has 0 unspecified atom stereocenters. The molecule has 0 saturated heterocycles. The van der Waals surface area contributed by atoms with Crippen molar-refractivity contribution in [3.8, 4) is 0 Å². The molecule has 0 spiro atoms. The van der Waals surface area contributed by atoms with Crippen LogP contribution in [-0.2, 0) is 13.6 Å². The highest BCUT2D eigenvalue weighted by Crippen LogP contribution is 2.25. The average Bonchev–Trinajstić information content (AvgIpc) is 2.37. The Morgan fingerprint density at radius 2 is 2.36 bits per heavy atom. The van der Waals surface area contributed by atoms with Crippen molar-refractivity contribution in [1.29, 1.82) is 0 Å². The van der Waals surface area contributed by atoms with Crippen molar-refractivity contribution < 1.29 is 0 Å². The number of hydrogen-bond donors (Lipinski definition) is 1. The Morgan fingerprint density at radius 3 is 2.86 bits per heavy atom. The molecule has 4 heteroatoms. The summed E-state index contributed by atoms with van der Waals surface area (Å²) in [6, 6.07) is 2.72. The minimum atomic E-state index is 0.390. The van der Waals surface area contributed by atoms with Crippen LogP contribution >= 0.6 is 11.6 Å². The van der Waals surface area contributed by atoms with Crippen LogP contribution in [0.25, 0.3) is 0 Å². The third-order valence-corrected chi connectivity index (χ3v) is 3.11. The van der Waals surface area contributed by atoms with Crippen LogP contribution in [0.5, 0.6) is 0 Å². The second kappa shape index (κ2) is 3.91. The van der Waals surface area contributed by atoms with Crippen molar-refractivity contribution >= 4 is 11.6 Å². The molecule has 1 fully saturated rings. The monoisotopic (exact) mass is 213 g/mol. The van der Waals surface area contributed by atoms with Gasteiger partial charge in [0, 0.05) is 25.0 Å². The quantitative estimate of drug-likeness (QED) is 0.773. The fraction of sp³-hybridized carbons (Fsp3) is 0.700. The third-order valence-electron chi connectivity index (χ3n) is 2.75. The lowest BCUT2D eigenvalue weighted by Gasteiger charge is -2.31. The van der Waals surface area contributed by atoms with E-state index >= 15 is 0 Å². The van der Waals surface area contributed by atoms with Gasteiger partial charge in [-0.05, 0) is 25.8 Å². The van der Waals surface area contributed by atoms with Gasteiger partial charge in [-0.3, -0.25) is 4.68 Å². The zero-order chi connectivity index (χ0) is 10.1. The molecular formula is C10H16ClN3. The molecule has 1 N–H and O–H groups in total. The first-order valence-electron chi connectivity index (χ1n) is 5.02. The van der Waals surface area contributed by atoms with E-state index in [2.05, 4.69) is 16.5 Å². The van der Waals surface area contributed by atoms with Crippen molar-refractivity contribution in [2.24, 2.45) is 7.05 Å². The fourth-order valence-electron chi connectivity index (χ4n) is 1.79. The van der Waals surface area contributed by atoms with Gasteiger partial charge in [0.2, 0.25) is 0 Å². The first-order valence-corrected chi connectivity index (χ1v) is 5.46. The van der Waals surface area contributed by atoms with E-state index in [1.807, 2.05) is 18.7 Å². The zero-order valence-electron chi connectivity index (χ0n) is 8.63. The van der Waals surface area contributed by atoms with Crippen LogP contribution in [-0.4, -0.2) is 21.2 Å². The second-order valence-electron chi connectivity index (χ2n) is 4.05. The Bertz CT molecular complexity index is 315. The molecule has 78 valence electrons. The zero-order valence-corrected chi connectivity index (χ0v) is 9.38. The van der Waals surface area contributed by atoms with Gasteiger partial charge in [-0.2, -0.15) is 5.10 Å². The van der Waals surface area contributed by atoms with E-state index < -0.39 is 0 Å². The number of alkyl halides is 1. The Balaban J connectivity index is 1.83. The maximum Gasteiger partial charge on any atom is 0.0597 e. The maximum absolute atomic E-state index is 5.90. The Kier molecular flexibility index (Phi) is 2.79. The predicted molar refractivity (Wildman–Crippen MR) is 57.4 cm³/mol. The summed E-state index contributed by atoms with van der Waals surface area (Å²) in [5, 5.41) is 8.16. The Hall–Kier alpha value is -0.540. The summed E-state index contributed by atoms with van der Waals surface area (Å²) < 4.78 is 1.93. The standard InChI is InChI=1S/C10H16ClN3/c1-7-3-10(14(2)13-7)6-12-9-4-8(11)5-9/h3,8-9,12H,4-6H2,1-2H3.